The highest BCUT2D eigenvalue weighted by molar-refractivity contribution is 6.02. The molecule has 1 aromatic heterocycles. The zero-order valence-corrected chi connectivity index (χ0v) is 15.1. The highest BCUT2D eigenvalue weighted by Gasteiger charge is 2.18. The number of hydrogen-bond acceptors (Lipinski definition) is 6. The summed E-state index contributed by atoms with van der Waals surface area (Å²) < 4.78 is 19.4. The molecule has 2 amide bonds. The van der Waals surface area contributed by atoms with Crippen LogP contribution < -0.4 is 16.4 Å². The van der Waals surface area contributed by atoms with Crippen molar-refractivity contribution >= 4 is 28.6 Å². The minimum Gasteiger partial charge on any atom is -0.451 e. The van der Waals surface area contributed by atoms with Gasteiger partial charge in [-0.25, -0.2) is 13.9 Å². The van der Waals surface area contributed by atoms with Crippen molar-refractivity contribution in [3.63, 3.8) is 0 Å². The van der Waals surface area contributed by atoms with Gasteiger partial charge in [0, 0.05) is 12.4 Å². The number of fused-ring (bicyclic) bond motifs is 1. The van der Waals surface area contributed by atoms with E-state index in [0.29, 0.717) is 0 Å². The van der Waals surface area contributed by atoms with Crippen molar-refractivity contribution < 1.29 is 23.5 Å². The topological polar surface area (TPSA) is 119 Å². The Kier molecular flexibility index (Phi) is 5.63. The minimum atomic E-state index is -0.924. The van der Waals surface area contributed by atoms with E-state index in [9.17, 15) is 23.6 Å². The number of hydrogen-bond donors (Lipinski definition) is 2. The molecule has 0 saturated heterocycles. The summed E-state index contributed by atoms with van der Waals surface area (Å²) in [6.45, 7) is -0.727. The van der Waals surface area contributed by atoms with Gasteiger partial charge < -0.3 is 4.74 Å². The summed E-state index contributed by atoms with van der Waals surface area (Å²) >= 11 is 0. The molecule has 0 radical (unpaired) electrons. The molecule has 148 valence electrons. The molecule has 29 heavy (non-hydrogen) atoms. The van der Waals surface area contributed by atoms with Gasteiger partial charge in [-0.2, -0.15) is 5.10 Å². The van der Waals surface area contributed by atoms with Crippen molar-refractivity contribution in [2.45, 2.75) is 0 Å². The Morgan fingerprint density at radius 1 is 1.03 bits per heavy atom. The first-order valence-corrected chi connectivity index (χ1v) is 8.35. The number of rotatable bonds is 4. The minimum absolute atomic E-state index is 0.133. The fourth-order valence-corrected chi connectivity index (χ4v) is 2.53. The van der Waals surface area contributed by atoms with Crippen molar-refractivity contribution in [3.05, 3.63) is 76.0 Å². The lowest BCUT2D eigenvalue weighted by Gasteiger charge is -2.10. The molecule has 0 spiro atoms. The summed E-state index contributed by atoms with van der Waals surface area (Å²) in [7, 11) is 1.39. The number of nitrogens with zero attached hydrogens (tertiary/aromatic N) is 2. The van der Waals surface area contributed by atoms with Gasteiger partial charge in [-0.3, -0.25) is 25.2 Å². The third-order valence-corrected chi connectivity index (χ3v) is 3.92. The number of ether oxygens (including phenoxy) is 1. The molecule has 9 nitrogen and oxygen atoms in total. The summed E-state index contributed by atoms with van der Waals surface area (Å²) in [5, 5.41) is 4.45. The molecule has 0 saturated carbocycles. The SMILES string of the molecule is Cn1nc(C(=O)OCC(=O)NNC(=O)c2ccccc2F)c2ccccc2c1=O. The van der Waals surface area contributed by atoms with Gasteiger partial charge >= 0.3 is 5.97 Å². The average Bonchev–Trinajstić information content (AvgIpc) is 2.73. The maximum absolute atomic E-state index is 13.5. The van der Waals surface area contributed by atoms with Crippen LogP contribution in [-0.2, 0) is 16.6 Å². The van der Waals surface area contributed by atoms with Crippen molar-refractivity contribution in [2.24, 2.45) is 7.05 Å². The molecule has 0 unspecified atom stereocenters. The van der Waals surface area contributed by atoms with Crippen molar-refractivity contribution in [1.29, 1.82) is 0 Å². The molecular formula is C19H15FN4O5. The van der Waals surface area contributed by atoms with E-state index in [2.05, 4.69) is 5.10 Å². The van der Waals surface area contributed by atoms with Crippen molar-refractivity contribution in [3.8, 4) is 0 Å². The number of nitrogens with one attached hydrogen (secondary N) is 2. The summed E-state index contributed by atoms with van der Waals surface area (Å²) in [5.41, 5.74) is 3.26. The number of amides is 2. The van der Waals surface area contributed by atoms with Gasteiger partial charge in [-0.1, -0.05) is 30.3 Å². The number of carbonyl (C=O) groups excluding carboxylic acids is 3. The first kappa shape index (κ1) is 19.7. The van der Waals surface area contributed by atoms with E-state index in [-0.39, 0.29) is 27.6 Å². The predicted molar refractivity (Wildman–Crippen MR) is 99.3 cm³/mol. The molecule has 2 N–H and O–H groups in total. The molecule has 10 heteroatoms. The maximum Gasteiger partial charge on any atom is 0.359 e. The number of benzene rings is 2. The second kappa shape index (κ2) is 8.30. The fraction of sp³-hybridized carbons (Fsp3) is 0.105. The van der Waals surface area contributed by atoms with E-state index in [4.69, 9.17) is 4.74 Å². The molecule has 3 aromatic rings. The largest absolute Gasteiger partial charge is 0.451 e. The third kappa shape index (κ3) is 4.26. The second-order valence-corrected chi connectivity index (χ2v) is 5.88. The zero-order valence-electron chi connectivity index (χ0n) is 15.1. The van der Waals surface area contributed by atoms with Gasteiger partial charge in [-0.15, -0.1) is 0 Å². The standard InChI is InChI=1S/C19H15FN4O5/c1-24-18(27)12-7-3-2-6-11(12)16(23-24)19(28)29-10-15(25)21-22-17(26)13-8-4-5-9-14(13)20/h2-9H,10H2,1H3,(H,21,25)(H,22,26). The summed E-state index contributed by atoms with van der Waals surface area (Å²) in [6, 6.07) is 11.6. The van der Waals surface area contributed by atoms with Crippen LogP contribution in [0.2, 0.25) is 0 Å². The number of esters is 1. The van der Waals surface area contributed by atoms with E-state index in [1.165, 1.54) is 31.3 Å². The Balaban J connectivity index is 1.63. The maximum atomic E-state index is 13.5. The predicted octanol–water partition coefficient (Wildman–Crippen LogP) is 0.691. The molecule has 0 aliphatic rings. The van der Waals surface area contributed by atoms with Crippen LogP contribution in [0.5, 0.6) is 0 Å². The van der Waals surface area contributed by atoms with Crippen LogP contribution in [0, 0.1) is 5.82 Å². The molecule has 3 rings (SSSR count). The summed E-state index contributed by atoms with van der Waals surface area (Å²) in [5.74, 6) is -3.39. The van der Waals surface area contributed by atoms with E-state index < -0.39 is 30.2 Å². The van der Waals surface area contributed by atoms with Crippen LogP contribution in [0.1, 0.15) is 20.8 Å². The monoisotopic (exact) mass is 398 g/mol. The van der Waals surface area contributed by atoms with Gasteiger partial charge in [0.1, 0.15) is 5.82 Å². The van der Waals surface area contributed by atoms with Gasteiger partial charge in [0.2, 0.25) is 0 Å². The van der Waals surface area contributed by atoms with Crippen molar-refractivity contribution in [1.82, 2.24) is 20.6 Å². The molecule has 0 fully saturated rings. The van der Waals surface area contributed by atoms with Gasteiger partial charge in [-0.05, 0) is 18.2 Å². The van der Waals surface area contributed by atoms with E-state index in [1.807, 2.05) is 10.9 Å². The van der Waals surface area contributed by atoms with Crippen LogP contribution in [0.3, 0.4) is 0 Å². The Hall–Kier alpha value is -4.08. The van der Waals surface area contributed by atoms with Gasteiger partial charge in [0.05, 0.1) is 10.9 Å². The Morgan fingerprint density at radius 2 is 1.69 bits per heavy atom. The first-order valence-electron chi connectivity index (χ1n) is 8.35. The number of carbonyl (C=O) groups is 3. The molecule has 0 aliphatic heterocycles. The highest BCUT2D eigenvalue weighted by Crippen LogP contribution is 2.13. The molecule has 1 heterocycles. The van der Waals surface area contributed by atoms with E-state index >= 15 is 0 Å². The van der Waals surface area contributed by atoms with Crippen LogP contribution in [0.25, 0.3) is 10.8 Å². The molecule has 0 atom stereocenters. The molecular weight excluding hydrogens is 383 g/mol. The number of halogens is 1. The van der Waals surface area contributed by atoms with Crippen LogP contribution in [0.15, 0.2) is 53.3 Å². The van der Waals surface area contributed by atoms with E-state index in [1.54, 1.807) is 18.2 Å². The lowest BCUT2D eigenvalue weighted by Crippen LogP contribution is -2.44. The van der Waals surface area contributed by atoms with Crippen LogP contribution >= 0.6 is 0 Å². The lowest BCUT2D eigenvalue weighted by atomic mass is 10.1. The lowest BCUT2D eigenvalue weighted by molar-refractivity contribution is -0.125. The Bertz CT molecular complexity index is 1170. The fourth-order valence-electron chi connectivity index (χ4n) is 2.53. The smallest absolute Gasteiger partial charge is 0.359 e. The van der Waals surface area contributed by atoms with Crippen molar-refractivity contribution in [2.75, 3.05) is 6.61 Å². The van der Waals surface area contributed by atoms with Crippen LogP contribution in [-0.4, -0.2) is 34.2 Å². The number of hydrazine groups is 1. The van der Waals surface area contributed by atoms with Gasteiger partial charge in [0.15, 0.2) is 12.3 Å². The summed E-state index contributed by atoms with van der Waals surface area (Å²) in [4.78, 5) is 48.0. The van der Waals surface area contributed by atoms with Crippen LogP contribution in [0.4, 0.5) is 4.39 Å². The average molecular weight is 398 g/mol. The first-order chi connectivity index (χ1) is 13.9. The molecule has 0 aliphatic carbocycles. The molecule has 0 bridgehead atoms. The Morgan fingerprint density at radius 3 is 2.41 bits per heavy atom. The highest BCUT2D eigenvalue weighted by atomic mass is 19.1. The Labute approximate surface area is 163 Å². The van der Waals surface area contributed by atoms with Gasteiger partial charge in [0.25, 0.3) is 17.4 Å². The third-order valence-electron chi connectivity index (χ3n) is 3.92. The summed E-state index contributed by atoms with van der Waals surface area (Å²) in [6.07, 6.45) is 0. The quantitative estimate of drug-likeness (QED) is 0.493. The zero-order chi connectivity index (χ0) is 21.0. The number of aryl methyl sites for hydroxylation is 1. The normalized spacial score (nSPS) is 10.4. The number of aromatic nitrogens is 2. The second-order valence-electron chi connectivity index (χ2n) is 5.88. The van der Waals surface area contributed by atoms with E-state index in [0.717, 1.165) is 10.7 Å². The molecule has 2 aromatic carbocycles.